The molecule has 0 aliphatic heterocycles. The highest BCUT2D eigenvalue weighted by Gasteiger charge is 2.18. The van der Waals surface area contributed by atoms with Crippen molar-refractivity contribution in [1.82, 2.24) is 4.98 Å². The zero-order chi connectivity index (χ0) is 20.1. The lowest BCUT2D eigenvalue weighted by Gasteiger charge is -2.20. The predicted octanol–water partition coefficient (Wildman–Crippen LogP) is 5.44. The fraction of sp³-hybridized carbons (Fsp3) is 0.160. The molecule has 1 heterocycles. The molecule has 0 saturated heterocycles. The molecule has 0 spiro atoms. The van der Waals surface area contributed by atoms with Crippen LogP contribution in [0.3, 0.4) is 0 Å². The predicted molar refractivity (Wildman–Crippen MR) is 114 cm³/mol. The maximum Gasteiger partial charge on any atom is 0.311 e. The zero-order valence-corrected chi connectivity index (χ0v) is 16.3. The molecule has 0 bridgehead atoms. The molecule has 0 aliphatic rings. The van der Waals surface area contributed by atoms with Crippen molar-refractivity contribution in [2.75, 3.05) is 6.61 Å². The Labute approximate surface area is 170 Å². The fourth-order valence-corrected chi connectivity index (χ4v) is 3.46. The molecule has 0 aliphatic carbocycles. The molecule has 1 aromatic heterocycles. The quantitative estimate of drug-likeness (QED) is 0.431. The molecule has 4 nitrogen and oxygen atoms in total. The molecule has 0 atom stereocenters. The van der Waals surface area contributed by atoms with Crippen LogP contribution in [0.2, 0.25) is 0 Å². The monoisotopic (exact) mass is 385 g/mol. The van der Waals surface area contributed by atoms with Crippen molar-refractivity contribution in [2.24, 2.45) is 0 Å². The van der Waals surface area contributed by atoms with Crippen molar-refractivity contribution in [1.29, 1.82) is 0 Å². The third kappa shape index (κ3) is 4.32. The van der Waals surface area contributed by atoms with Crippen LogP contribution in [0.4, 0.5) is 0 Å². The van der Waals surface area contributed by atoms with Gasteiger partial charge >= 0.3 is 5.97 Å². The largest absolute Gasteiger partial charge is 0.479 e. The number of fused-ring (bicyclic) bond motifs is 1. The number of hydrogen-bond acceptors (Lipinski definition) is 3. The summed E-state index contributed by atoms with van der Waals surface area (Å²) in [7, 11) is 0. The van der Waals surface area contributed by atoms with E-state index in [0.29, 0.717) is 6.61 Å². The minimum absolute atomic E-state index is 0.211. The summed E-state index contributed by atoms with van der Waals surface area (Å²) in [5.41, 5.74) is 3.84. The van der Waals surface area contributed by atoms with Crippen LogP contribution in [-0.2, 0) is 16.0 Å². The highest BCUT2D eigenvalue weighted by molar-refractivity contribution is 5.87. The van der Waals surface area contributed by atoms with E-state index in [2.05, 4.69) is 29.2 Å². The van der Waals surface area contributed by atoms with E-state index in [1.54, 1.807) is 0 Å². The second kappa shape index (κ2) is 8.65. The van der Waals surface area contributed by atoms with Gasteiger partial charge in [-0.1, -0.05) is 72.8 Å². The number of aromatic nitrogens is 1. The minimum Gasteiger partial charge on any atom is -0.479 e. The van der Waals surface area contributed by atoms with Gasteiger partial charge in [-0.05, 0) is 30.2 Å². The van der Waals surface area contributed by atoms with Gasteiger partial charge in [-0.25, -0.2) is 0 Å². The highest BCUT2D eigenvalue weighted by Crippen LogP contribution is 2.33. The molecule has 0 amide bonds. The normalized spacial score (nSPS) is 11.0. The van der Waals surface area contributed by atoms with Crippen LogP contribution < -0.4 is 4.74 Å². The van der Waals surface area contributed by atoms with Crippen molar-refractivity contribution in [3.8, 4) is 5.75 Å². The summed E-state index contributed by atoms with van der Waals surface area (Å²) in [6, 6.07) is 28.2. The van der Waals surface area contributed by atoms with Crippen molar-refractivity contribution < 1.29 is 14.3 Å². The van der Waals surface area contributed by atoms with Gasteiger partial charge < -0.3 is 14.5 Å². The van der Waals surface area contributed by atoms with Crippen LogP contribution in [-0.4, -0.2) is 17.6 Å². The standard InChI is InChI=1S/C25H23NO3/c1-2-28-23(27)17-21-16-20-14-9-15-22(24(20)26-21)29-25(18-10-5-3-6-11-18)19-12-7-4-8-13-19/h3-16,25-26H,2,17H2,1H3. The Morgan fingerprint density at radius 1 is 0.897 bits per heavy atom. The summed E-state index contributed by atoms with van der Waals surface area (Å²) < 4.78 is 11.6. The number of nitrogens with one attached hydrogen (secondary N) is 1. The van der Waals surface area contributed by atoms with Crippen molar-refractivity contribution in [3.63, 3.8) is 0 Å². The van der Waals surface area contributed by atoms with Crippen molar-refractivity contribution >= 4 is 16.9 Å². The molecule has 1 N–H and O–H groups in total. The van der Waals surface area contributed by atoms with Crippen LogP contribution >= 0.6 is 0 Å². The Morgan fingerprint density at radius 2 is 1.55 bits per heavy atom. The van der Waals surface area contributed by atoms with E-state index in [0.717, 1.165) is 33.5 Å². The second-order valence-corrected chi connectivity index (χ2v) is 6.82. The third-order valence-corrected chi connectivity index (χ3v) is 4.76. The van der Waals surface area contributed by atoms with Crippen LogP contribution in [0, 0.1) is 0 Å². The van der Waals surface area contributed by atoms with Gasteiger partial charge in [0.1, 0.15) is 11.9 Å². The molecule has 146 valence electrons. The molecular formula is C25H23NO3. The number of carbonyl (C=O) groups excluding carboxylic acids is 1. The number of benzene rings is 3. The van der Waals surface area contributed by atoms with E-state index >= 15 is 0 Å². The van der Waals surface area contributed by atoms with Gasteiger partial charge in [0, 0.05) is 11.1 Å². The number of rotatable bonds is 7. The SMILES string of the molecule is CCOC(=O)Cc1cc2cccc(OC(c3ccccc3)c3ccccc3)c2[nH]1. The van der Waals surface area contributed by atoms with E-state index < -0.39 is 0 Å². The van der Waals surface area contributed by atoms with Crippen molar-refractivity contribution in [3.05, 3.63) is 102 Å². The van der Waals surface area contributed by atoms with Gasteiger partial charge in [-0.2, -0.15) is 0 Å². The number of hydrogen-bond donors (Lipinski definition) is 1. The van der Waals surface area contributed by atoms with Crippen LogP contribution in [0.25, 0.3) is 10.9 Å². The lowest BCUT2D eigenvalue weighted by atomic mass is 10.0. The lowest BCUT2D eigenvalue weighted by molar-refractivity contribution is -0.142. The molecule has 4 rings (SSSR count). The molecule has 0 saturated carbocycles. The molecule has 0 radical (unpaired) electrons. The molecular weight excluding hydrogens is 362 g/mol. The fourth-order valence-electron chi connectivity index (χ4n) is 3.46. The zero-order valence-electron chi connectivity index (χ0n) is 16.3. The summed E-state index contributed by atoms with van der Waals surface area (Å²) in [5, 5.41) is 1.00. The van der Waals surface area contributed by atoms with Crippen molar-refractivity contribution in [2.45, 2.75) is 19.4 Å². The van der Waals surface area contributed by atoms with Gasteiger partial charge in [0.25, 0.3) is 0 Å². The topological polar surface area (TPSA) is 51.3 Å². The summed E-state index contributed by atoms with van der Waals surface area (Å²) in [6.45, 7) is 2.19. The summed E-state index contributed by atoms with van der Waals surface area (Å²) in [4.78, 5) is 15.2. The smallest absolute Gasteiger partial charge is 0.311 e. The van der Waals surface area contributed by atoms with Gasteiger partial charge in [-0.3, -0.25) is 4.79 Å². The van der Waals surface area contributed by atoms with Gasteiger partial charge in [0.05, 0.1) is 18.5 Å². The van der Waals surface area contributed by atoms with Gasteiger partial charge in [-0.15, -0.1) is 0 Å². The average molecular weight is 385 g/mol. The minimum atomic E-state index is -0.243. The second-order valence-electron chi connectivity index (χ2n) is 6.82. The van der Waals surface area contributed by atoms with E-state index in [1.807, 2.05) is 67.6 Å². The summed E-state index contributed by atoms with van der Waals surface area (Å²) >= 11 is 0. The third-order valence-electron chi connectivity index (χ3n) is 4.76. The molecule has 4 aromatic rings. The van der Waals surface area contributed by atoms with Crippen LogP contribution in [0.15, 0.2) is 84.9 Å². The van der Waals surface area contributed by atoms with E-state index in [9.17, 15) is 4.79 Å². The number of para-hydroxylation sites is 1. The number of ether oxygens (including phenoxy) is 2. The Bertz CT molecular complexity index is 1050. The molecule has 0 fully saturated rings. The summed E-state index contributed by atoms with van der Waals surface area (Å²) in [6.07, 6.45) is -0.0252. The molecule has 0 unspecified atom stereocenters. The Hall–Kier alpha value is -3.53. The van der Waals surface area contributed by atoms with E-state index in [4.69, 9.17) is 9.47 Å². The Balaban J connectivity index is 1.69. The highest BCUT2D eigenvalue weighted by atomic mass is 16.5. The van der Waals surface area contributed by atoms with Crippen LogP contribution in [0.5, 0.6) is 5.75 Å². The molecule has 3 aromatic carbocycles. The summed E-state index contributed by atoms with van der Waals surface area (Å²) in [5.74, 6) is 0.503. The van der Waals surface area contributed by atoms with E-state index in [1.165, 1.54) is 0 Å². The first-order valence-corrected chi connectivity index (χ1v) is 9.77. The number of esters is 1. The maximum absolute atomic E-state index is 11.8. The molecule has 4 heteroatoms. The number of carbonyl (C=O) groups is 1. The lowest BCUT2D eigenvalue weighted by Crippen LogP contribution is -2.09. The Morgan fingerprint density at radius 3 is 2.17 bits per heavy atom. The maximum atomic E-state index is 11.8. The average Bonchev–Trinajstić information content (AvgIpc) is 3.16. The number of aromatic amines is 1. The number of H-pyrrole nitrogens is 1. The first kappa shape index (κ1) is 18.8. The molecule has 29 heavy (non-hydrogen) atoms. The van der Waals surface area contributed by atoms with Gasteiger partial charge in [0.2, 0.25) is 0 Å². The first-order valence-electron chi connectivity index (χ1n) is 9.77. The van der Waals surface area contributed by atoms with E-state index in [-0.39, 0.29) is 18.5 Å². The first-order chi connectivity index (χ1) is 14.2. The Kier molecular flexibility index (Phi) is 5.61. The van der Waals surface area contributed by atoms with Gasteiger partial charge in [0.15, 0.2) is 0 Å². The van der Waals surface area contributed by atoms with Crippen LogP contribution in [0.1, 0.15) is 29.8 Å².